The van der Waals surface area contributed by atoms with Gasteiger partial charge in [0.2, 0.25) is 0 Å². The van der Waals surface area contributed by atoms with E-state index in [4.69, 9.17) is 0 Å². The first-order chi connectivity index (χ1) is 6.98. The summed E-state index contributed by atoms with van der Waals surface area (Å²) in [5, 5.41) is 3.31. The fourth-order valence-corrected chi connectivity index (χ4v) is 2.14. The molecule has 1 fully saturated rings. The lowest BCUT2D eigenvalue weighted by Crippen LogP contribution is -2.33. The van der Waals surface area contributed by atoms with E-state index < -0.39 is 0 Å². The van der Waals surface area contributed by atoms with Crippen molar-refractivity contribution < 1.29 is 8.78 Å². The minimum atomic E-state index is -0.377. The van der Waals surface area contributed by atoms with Gasteiger partial charge in [-0.3, -0.25) is 0 Å². The monoisotopic (exact) mass is 247 g/mol. The highest BCUT2D eigenvalue weighted by Gasteiger charge is 2.32. The van der Waals surface area contributed by atoms with Crippen molar-refractivity contribution in [3.63, 3.8) is 0 Å². The van der Waals surface area contributed by atoms with Gasteiger partial charge in [-0.2, -0.15) is 0 Å². The van der Waals surface area contributed by atoms with Crippen LogP contribution in [-0.4, -0.2) is 5.54 Å². The van der Waals surface area contributed by atoms with Crippen LogP contribution in [0.2, 0.25) is 0 Å². The van der Waals surface area contributed by atoms with Crippen molar-refractivity contribution in [2.24, 2.45) is 0 Å². The van der Waals surface area contributed by atoms with Crippen molar-refractivity contribution in [1.29, 1.82) is 0 Å². The maximum Gasteiger partial charge on any atom is 0.128 e. The number of nitrogens with one attached hydrogen (secondary N) is 1. The molecule has 1 aliphatic rings. The van der Waals surface area contributed by atoms with Gasteiger partial charge in [-0.15, -0.1) is 12.4 Å². The minimum absolute atomic E-state index is 0. The van der Waals surface area contributed by atoms with Crippen LogP contribution in [0.3, 0.4) is 0 Å². The molecule has 1 aromatic rings. The fourth-order valence-electron chi connectivity index (χ4n) is 2.14. The van der Waals surface area contributed by atoms with Crippen LogP contribution in [-0.2, 0) is 0 Å². The maximum atomic E-state index is 13.5. The van der Waals surface area contributed by atoms with Crippen LogP contribution in [0.5, 0.6) is 0 Å². The summed E-state index contributed by atoms with van der Waals surface area (Å²) in [6.45, 7) is 4.15. The van der Waals surface area contributed by atoms with Crippen molar-refractivity contribution in [3.8, 4) is 0 Å². The first-order valence-corrected chi connectivity index (χ1v) is 5.21. The van der Waals surface area contributed by atoms with Crippen LogP contribution in [0.4, 0.5) is 8.78 Å². The van der Waals surface area contributed by atoms with E-state index in [0.29, 0.717) is 5.56 Å². The minimum Gasteiger partial charge on any atom is -0.305 e. The Balaban J connectivity index is 0.00000128. The van der Waals surface area contributed by atoms with Gasteiger partial charge in [-0.25, -0.2) is 8.78 Å². The zero-order valence-electron chi connectivity index (χ0n) is 9.39. The van der Waals surface area contributed by atoms with Gasteiger partial charge in [0.25, 0.3) is 0 Å². The van der Waals surface area contributed by atoms with E-state index in [9.17, 15) is 8.78 Å². The number of halogens is 3. The second-order valence-electron chi connectivity index (χ2n) is 4.79. The van der Waals surface area contributed by atoms with Gasteiger partial charge in [0, 0.05) is 17.1 Å². The molecule has 0 radical (unpaired) electrons. The molecule has 4 heteroatoms. The zero-order valence-corrected chi connectivity index (χ0v) is 10.2. The smallest absolute Gasteiger partial charge is 0.128 e. The lowest BCUT2D eigenvalue weighted by Gasteiger charge is -2.20. The Hall–Kier alpha value is -0.670. The molecule has 1 unspecified atom stereocenters. The molecule has 1 nitrogen and oxygen atoms in total. The average molecular weight is 248 g/mol. The molecule has 0 aromatic heterocycles. The van der Waals surface area contributed by atoms with Crippen LogP contribution in [0.15, 0.2) is 18.2 Å². The highest BCUT2D eigenvalue weighted by Crippen LogP contribution is 2.33. The first-order valence-electron chi connectivity index (χ1n) is 5.21. The molecule has 0 amide bonds. The highest BCUT2D eigenvalue weighted by molar-refractivity contribution is 5.85. The Kier molecular flexibility index (Phi) is 3.92. The predicted molar refractivity (Wildman–Crippen MR) is 62.8 cm³/mol. The molecule has 90 valence electrons. The Morgan fingerprint density at radius 1 is 1.31 bits per heavy atom. The lowest BCUT2D eigenvalue weighted by atomic mass is 10.0. The second kappa shape index (κ2) is 4.68. The van der Waals surface area contributed by atoms with Crippen LogP contribution in [0.1, 0.15) is 38.3 Å². The summed E-state index contributed by atoms with van der Waals surface area (Å²) < 4.78 is 26.5. The third-order valence-electron chi connectivity index (χ3n) is 2.96. The summed E-state index contributed by atoms with van der Waals surface area (Å²) in [6.07, 6.45) is 1.83. The van der Waals surface area contributed by atoms with Crippen molar-refractivity contribution in [1.82, 2.24) is 5.32 Å². The van der Waals surface area contributed by atoms with Crippen molar-refractivity contribution in [2.75, 3.05) is 0 Å². The molecule has 0 spiro atoms. The SMILES string of the molecule is CC1(C)CCC(c2cc(F)ccc2F)N1.Cl. The Labute approximate surface area is 101 Å². The summed E-state index contributed by atoms with van der Waals surface area (Å²) in [5.41, 5.74) is 0.462. The largest absolute Gasteiger partial charge is 0.305 e. The number of hydrogen-bond donors (Lipinski definition) is 1. The van der Waals surface area contributed by atoms with E-state index in [-0.39, 0.29) is 35.6 Å². The molecular weight excluding hydrogens is 232 g/mol. The number of rotatable bonds is 1. The Morgan fingerprint density at radius 3 is 2.56 bits per heavy atom. The summed E-state index contributed by atoms with van der Waals surface area (Å²) in [6, 6.07) is 3.57. The van der Waals surface area contributed by atoms with E-state index in [1.54, 1.807) is 0 Å². The van der Waals surface area contributed by atoms with E-state index >= 15 is 0 Å². The third kappa shape index (κ3) is 2.71. The normalized spacial score (nSPS) is 22.9. The van der Waals surface area contributed by atoms with Gasteiger partial charge in [-0.1, -0.05) is 0 Å². The van der Waals surface area contributed by atoms with E-state index in [2.05, 4.69) is 19.2 Å². The van der Waals surface area contributed by atoms with Crippen molar-refractivity contribution in [2.45, 2.75) is 38.3 Å². The van der Waals surface area contributed by atoms with E-state index in [1.807, 2.05) is 0 Å². The van der Waals surface area contributed by atoms with Gasteiger partial charge < -0.3 is 5.32 Å². The molecule has 1 saturated heterocycles. The summed E-state index contributed by atoms with van der Waals surface area (Å²) in [7, 11) is 0. The van der Waals surface area contributed by atoms with Crippen LogP contribution >= 0.6 is 12.4 Å². The number of benzene rings is 1. The van der Waals surface area contributed by atoms with Gasteiger partial charge in [-0.05, 0) is 44.9 Å². The van der Waals surface area contributed by atoms with Gasteiger partial charge >= 0.3 is 0 Å². The van der Waals surface area contributed by atoms with Gasteiger partial charge in [0.15, 0.2) is 0 Å². The van der Waals surface area contributed by atoms with E-state index in [1.165, 1.54) is 12.1 Å². The molecule has 16 heavy (non-hydrogen) atoms. The van der Waals surface area contributed by atoms with Crippen molar-refractivity contribution >= 4 is 12.4 Å². The highest BCUT2D eigenvalue weighted by atomic mass is 35.5. The van der Waals surface area contributed by atoms with E-state index in [0.717, 1.165) is 18.9 Å². The quantitative estimate of drug-likeness (QED) is 0.800. The van der Waals surface area contributed by atoms with Crippen LogP contribution in [0.25, 0.3) is 0 Å². The molecule has 1 aromatic carbocycles. The molecule has 0 aliphatic carbocycles. The Bertz CT molecular complexity index is 379. The molecule has 1 N–H and O–H groups in total. The molecular formula is C12H16ClF2N. The van der Waals surface area contributed by atoms with Crippen LogP contribution in [0, 0.1) is 11.6 Å². The summed E-state index contributed by atoms with van der Waals surface area (Å²) in [4.78, 5) is 0. The third-order valence-corrected chi connectivity index (χ3v) is 2.96. The average Bonchev–Trinajstić information content (AvgIpc) is 2.50. The predicted octanol–water partition coefficient (Wildman–Crippen LogP) is 3.59. The summed E-state index contributed by atoms with van der Waals surface area (Å²) >= 11 is 0. The first kappa shape index (κ1) is 13.4. The molecule has 0 bridgehead atoms. The van der Waals surface area contributed by atoms with Crippen LogP contribution < -0.4 is 5.32 Å². The molecule has 1 atom stereocenters. The van der Waals surface area contributed by atoms with Gasteiger partial charge in [0.05, 0.1) is 0 Å². The van der Waals surface area contributed by atoms with Crippen molar-refractivity contribution in [3.05, 3.63) is 35.4 Å². The molecule has 0 saturated carbocycles. The maximum absolute atomic E-state index is 13.5. The lowest BCUT2D eigenvalue weighted by molar-refractivity contribution is 0.426. The summed E-state index contributed by atoms with van der Waals surface area (Å²) in [5.74, 6) is -0.704. The fraction of sp³-hybridized carbons (Fsp3) is 0.500. The van der Waals surface area contributed by atoms with Gasteiger partial charge in [0.1, 0.15) is 11.6 Å². The topological polar surface area (TPSA) is 12.0 Å². The number of hydrogen-bond acceptors (Lipinski definition) is 1. The molecule has 1 heterocycles. The second-order valence-corrected chi connectivity index (χ2v) is 4.79. The Morgan fingerprint density at radius 2 is 2.00 bits per heavy atom. The molecule has 2 rings (SSSR count). The zero-order chi connectivity index (χ0) is 11.1. The standard InChI is InChI=1S/C12H15F2N.ClH/c1-12(2)6-5-11(15-12)9-7-8(13)3-4-10(9)14;/h3-4,7,11,15H,5-6H2,1-2H3;1H. The molecule has 1 aliphatic heterocycles.